The first-order chi connectivity index (χ1) is 16.6. The number of carbonyl (C=O) groups is 1. The maximum Gasteiger partial charge on any atom is 0.260 e. The molecule has 2 saturated heterocycles. The highest BCUT2D eigenvalue weighted by molar-refractivity contribution is 6.31. The largest absolute Gasteiger partial charge is 0.473 e. The van der Waals surface area contributed by atoms with Crippen molar-refractivity contribution >= 4 is 23.3 Å². The average Bonchev–Trinajstić information content (AvgIpc) is 3.38. The van der Waals surface area contributed by atoms with E-state index in [1.807, 2.05) is 20.2 Å². The number of hydrogen-bond donors (Lipinski definition) is 1. The molecular formula is C25H28ClN7O2. The van der Waals surface area contributed by atoms with Gasteiger partial charge in [-0.25, -0.2) is 4.98 Å². The summed E-state index contributed by atoms with van der Waals surface area (Å²) in [5.74, 6) is 0.759. The molecule has 3 aliphatic heterocycles. The predicted molar refractivity (Wildman–Crippen MR) is 132 cm³/mol. The Balaban J connectivity index is 1.21. The first-order valence-corrected chi connectivity index (χ1v) is 12.3. The normalized spacial score (nSPS) is 27.4. The van der Waals surface area contributed by atoms with Gasteiger partial charge in [-0.3, -0.25) is 14.4 Å². The number of carbonyl (C=O) groups excluding carboxylic acids is 1. The number of aromatic nitrogens is 5. The molecule has 2 unspecified atom stereocenters. The van der Waals surface area contributed by atoms with Crippen LogP contribution in [0, 0.1) is 6.92 Å². The Morgan fingerprint density at radius 2 is 1.89 bits per heavy atom. The van der Waals surface area contributed by atoms with Crippen LogP contribution in [0.25, 0.3) is 11.3 Å². The number of nitrogens with one attached hydrogen (secondary N) is 1. The van der Waals surface area contributed by atoms with E-state index >= 15 is 0 Å². The van der Waals surface area contributed by atoms with Crippen molar-refractivity contribution in [3.8, 4) is 17.1 Å². The standard InChI is InChI=1S/C25H28ClN7O2/c1-14-17(12-32(4)30-14)19-9-16-18(22(26)27-19)13-33(23(16)34)20-5-6-21(29-28-20)35-15-10-24(2)7-8-25(3,11-15)31-24/h5-6,9,12,15,31H,7-8,10-11,13H2,1-4H3. The fraction of sp³-hybridized carbons (Fsp3) is 0.480. The van der Waals surface area contributed by atoms with Gasteiger partial charge in [-0.1, -0.05) is 11.6 Å². The number of amides is 1. The van der Waals surface area contributed by atoms with E-state index < -0.39 is 0 Å². The summed E-state index contributed by atoms with van der Waals surface area (Å²) in [6.07, 6.45) is 6.16. The van der Waals surface area contributed by atoms with Crippen LogP contribution >= 0.6 is 11.6 Å². The third-order valence-electron chi connectivity index (χ3n) is 7.53. The first-order valence-electron chi connectivity index (χ1n) is 11.9. The molecule has 3 aliphatic rings. The monoisotopic (exact) mass is 493 g/mol. The van der Waals surface area contributed by atoms with Crippen LogP contribution in [0.3, 0.4) is 0 Å². The fourth-order valence-electron chi connectivity index (χ4n) is 5.99. The van der Waals surface area contributed by atoms with Gasteiger partial charge in [-0.2, -0.15) is 5.10 Å². The number of hydrogen-bond acceptors (Lipinski definition) is 7. The topological polar surface area (TPSA) is 98.1 Å². The molecule has 6 rings (SSSR count). The maximum atomic E-state index is 13.3. The molecule has 0 aliphatic carbocycles. The molecule has 182 valence electrons. The summed E-state index contributed by atoms with van der Waals surface area (Å²) in [5, 5.41) is 17.0. The lowest BCUT2D eigenvalue weighted by molar-refractivity contribution is 0.0753. The van der Waals surface area contributed by atoms with Crippen LogP contribution in [0.15, 0.2) is 24.4 Å². The summed E-state index contributed by atoms with van der Waals surface area (Å²) < 4.78 is 7.93. The van der Waals surface area contributed by atoms with Crippen LogP contribution in [0.1, 0.15) is 61.1 Å². The summed E-state index contributed by atoms with van der Waals surface area (Å²) in [6.45, 7) is 6.73. The van der Waals surface area contributed by atoms with Crippen molar-refractivity contribution in [2.45, 2.75) is 70.2 Å². The molecule has 0 aromatic carbocycles. The molecule has 2 fully saturated rings. The van der Waals surface area contributed by atoms with Gasteiger partial charge >= 0.3 is 0 Å². The summed E-state index contributed by atoms with van der Waals surface area (Å²) in [4.78, 5) is 19.4. The second-order valence-corrected chi connectivity index (χ2v) is 11.0. The van der Waals surface area contributed by atoms with E-state index in [1.54, 1.807) is 27.8 Å². The quantitative estimate of drug-likeness (QED) is 0.551. The number of rotatable bonds is 4. The predicted octanol–water partition coefficient (Wildman–Crippen LogP) is 3.84. The number of piperidine rings is 1. The molecule has 0 spiro atoms. The molecule has 1 amide bonds. The van der Waals surface area contributed by atoms with Crippen LogP contribution in [-0.4, -0.2) is 48.1 Å². The molecule has 2 atom stereocenters. The number of nitrogens with zero attached hydrogens (tertiary/aromatic N) is 6. The lowest BCUT2D eigenvalue weighted by atomic mass is 9.86. The number of halogens is 1. The lowest BCUT2D eigenvalue weighted by Crippen LogP contribution is -2.56. The Kier molecular flexibility index (Phi) is 4.95. The van der Waals surface area contributed by atoms with E-state index in [0.717, 1.165) is 36.9 Å². The van der Waals surface area contributed by atoms with E-state index in [-0.39, 0.29) is 23.1 Å². The Morgan fingerprint density at radius 1 is 1.14 bits per heavy atom. The van der Waals surface area contributed by atoms with E-state index in [2.05, 4.69) is 39.4 Å². The van der Waals surface area contributed by atoms with Crippen LogP contribution < -0.4 is 15.0 Å². The molecule has 6 heterocycles. The minimum atomic E-state index is -0.175. The van der Waals surface area contributed by atoms with Gasteiger partial charge in [0.2, 0.25) is 5.88 Å². The van der Waals surface area contributed by atoms with Crippen molar-refractivity contribution in [3.05, 3.63) is 46.4 Å². The minimum absolute atomic E-state index is 0.0887. The van der Waals surface area contributed by atoms with Crippen molar-refractivity contribution in [2.24, 2.45) is 7.05 Å². The van der Waals surface area contributed by atoms with Crippen LogP contribution in [-0.2, 0) is 13.6 Å². The van der Waals surface area contributed by atoms with Crippen molar-refractivity contribution in [3.63, 3.8) is 0 Å². The van der Waals surface area contributed by atoms with Gasteiger partial charge in [0, 0.05) is 54.4 Å². The molecule has 35 heavy (non-hydrogen) atoms. The SMILES string of the molecule is Cc1nn(C)cc1-c1cc2c(c(Cl)n1)CN(c1ccc(OC3CC4(C)CCC(C)(C3)N4)nn1)C2=O. The number of fused-ring (bicyclic) bond motifs is 3. The Labute approximate surface area is 208 Å². The Bertz CT molecular complexity index is 1320. The second kappa shape index (κ2) is 7.73. The smallest absolute Gasteiger partial charge is 0.260 e. The van der Waals surface area contributed by atoms with Crippen molar-refractivity contribution in [2.75, 3.05) is 4.90 Å². The zero-order chi connectivity index (χ0) is 24.5. The molecule has 3 aromatic rings. The number of ether oxygens (including phenoxy) is 1. The third kappa shape index (κ3) is 3.87. The minimum Gasteiger partial charge on any atom is -0.473 e. The van der Waals surface area contributed by atoms with Gasteiger partial charge in [-0.15, -0.1) is 10.2 Å². The van der Waals surface area contributed by atoms with Crippen molar-refractivity contribution in [1.82, 2.24) is 30.3 Å². The summed E-state index contributed by atoms with van der Waals surface area (Å²) in [5.41, 5.74) is 3.73. The molecular weight excluding hydrogens is 466 g/mol. The highest BCUT2D eigenvalue weighted by atomic mass is 35.5. The fourth-order valence-corrected chi connectivity index (χ4v) is 6.25. The Hall–Kier alpha value is -3.04. The summed E-state index contributed by atoms with van der Waals surface area (Å²) in [6, 6.07) is 5.35. The number of aryl methyl sites for hydroxylation is 2. The second-order valence-electron chi connectivity index (χ2n) is 10.6. The molecule has 1 N–H and O–H groups in total. The molecule has 0 saturated carbocycles. The van der Waals surface area contributed by atoms with Gasteiger partial charge < -0.3 is 10.1 Å². The molecule has 3 aromatic heterocycles. The van der Waals surface area contributed by atoms with Gasteiger partial charge in [0.15, 0.2) is 5.82 Å². The van der Waals surface area contributed by atoms with E-state index in [9.17, 15) is 4.79 Å². The van der Waals surface area contributed by atoms with Gasteiger partial charge in [0.25, 0.3) is 5.91 Å². The van der Waals surface area contributed by atoms with Gasteiger partial charge in [0.1, 0.15) is 11.3 Å². The third-order valence-corrected chi connectivity index (χ3v) is 7.85. The summed E-state index contributed by atoms with van der Waals surface area (Å²) in [7, 11) is 1.85. The average molecular weight is 494 g/mol. The highest BCUT2D eigenvalue weighted by Crippen LogP contribution is 2.43. The lowest BCUT2D eigenvalue weighted by Gasteiger charge is -2.41. The zero-order valence-corrected chi connectivity index (χ0v) is 21.1. The first kappa shape index (κ1) is 22.4. The van der Waals surface area contributed by atoms with E-state index in [4.69, 9.17) is 16.3 Å². The zero-order valence-electron chi connectivity index (χ0n) is 20.3. The van der Waals surface area contributed by atoms with E-state index in [1.165, 1.54) is 0 Å². The molecule has 9 nitrogen and oxygen atoms in total. The van der Waals surface area contributed by atoms with Gasteiger partial charge in [0.05, 0.1) is 23.5 Å². The highest BCUT2D eigenvalue weighted by Gasteiger charge is 2.49. The van der Waals surface area contributed by atoms with Crippen LogP contribution in [0.5, 0.6) is 5.88 Å². The van der Waals surface area contributed by atoms with Gasteiger partial charge in [-0.05, 0) is 45.7 Å². The molecule has 2 bridgehead atoms. The maximum absolute atomic E-state index is 13.3. The van der Waals surface area contributed by atoms with Crippen LogP contribution in [0.4, 0.5) is 5.82 Å². The number of anilines is 1. The molecule has 0 radical (unpaired) electrons. The van der Waals surface area contributed by atoms with Crippen LogP contribution in [0.2, 0.25) is 5.15 Å². The summed E-state index contributed by atoms with van der Waals surface area (Å²) >= 11 is 6.51. The van der Waals surface area contributed by atoms with E-state index in [0.29, 0.717) is 40.2 Å². The Morgan fingerprint density at radius 3 is 2.51 bits per heavy atom. The van der Waals surface area contributed by atoms with Crippen molar-refractivity contribution in [1.29, 1.82) is 0 Å². The van der Waals surface area contributed by atoms with Crippen molar-refractivity contribution < 1.29 is 9.53 Å². The molecule has 10 heteroatoms. The number of pyridine rings is 1.